The number of hydrogen-bond donors (Lipinski definition) is 1. The number of halogens is 2. The maximum absolute atomic E-state index is 6.03. The molecule has 16 heavy (non-hydrogen) atoms. The predicted octanol–water partition coefficient (Wildman–Crippen LogP) is 2.84. The molecule has 0 radical (unpaired) electrons. The van der Waals surface area contributed by atoms with Gasteiger partial charge in [-0.05, 0) is 31.5 Å². The molecule has 0 fully saturated rings. The van der Waals surface area contributed by atoms with E-state index in [9.17, 15) is 0 Å². The largest absolute Gasteiger partial charge is 0.486 e. The predicted molar refractivity (Wildman–Crippen MR) is 71.2 cm³/mol. The Morgan fingerprint density at radius 3 is 2.88 bits per heavy atom. The Morgan fingerprint density at radius 1 is 1.50 bits per heavy atom. The molecule has 1 aromatic carbocycles. The summed E-state index contributed by atoms with van der Waals surface area (Å²) in [6.45, 7) is 6.05. The van der Waals surface area contributed by atoms with Gasteiger partial charge in [-0.25, -0.2) is 0 Å². The van der Waals surface area contributed by atoms with Crippen molar-refractivity contribution in [2.75, 3.05) is 13.2 Å². The summed E-state index contributed by atoms with van der Waals surface area (Å²) < 4.78 is 6.57. The number of ether oxygens (including phenoxy) is 1. The number of quaternary nitrogens is 1. The fraction of sp³-hybridized carbons (Fsp3) is 0.500. The van der Waals surface area contributed by atoms with Gasteiger partial charge in [0, 0.05) is 4.47 Å². The average Bonchev–Trinajstić information content (AvgIpc) is 2.26. The van der Waals surface area contributed by atoms with Crippen molar-refractivity contribution in [3.05, 3.63) is 27.7 Å². The summed E-state index contributed by atoms with van der Waals surface area (Å²) in [6.07, 6.45) is 1.18. The minimum absolute atomic E-state index is 0.651. The summed E-state index contributed by atoms with van der Waals surface area (Å²) in [5.74, 6) is 0.752. The number of nitrogens with two attached hydrogens (primary N) is 1. The van der Waals surface area contributed by atoms with Crippen LogP contribution in [0.3, 0.4) is 0 Å². The second kappa shape index (κ2) is 7.15. The zero-order chi connectivity index (χ0) is 12.0. The smallest absolute Gasteiger partial charge is 0.138 e. The van der Waals surface area contributed by atoms with Crippen molar-refractivity contribution in [2.24, 2.45) is 0 Å². The fourth-order valence-corrected chi connectivity index (χ4v) is 2.01. The molecule has 0 heterocycles. The second-order valence-electron chi connectivity index (χ2n) is 3.83. The fourth-order valence-electron chi connectivity index (χ4n) is 1.28. The van der Waals surface area contributed by atoms with Crippen LogP contribution in [0.15, 0.2) is 22.7 Å². The first-order chi connectivity index (χ1) is 7.63. The Balaban J connectivity index is 2.32. The highest BCUT2D eigenvalue weighted by Crippen LogP contribution is 2.27. The molecular weight excluding hydrogens is 289 g/mol. The van der Waals surface area contributed by atoms with Crippen LogP contribution in [0.2, 0.25) is 5.02 Å². The van der Waals surface area contributed by atoms with Crippen molar-refractivity contribution in [1.29, 1.82) is 0 Å². The topological polar surface area (TPSA) is 25.8 Å². The third kappa shape index (κ3) is 4.73. The van der Waals surface area contributed by atoms with E-state index in [0.29, 0.717) is 17.7 Å². The van der Waals surface area contributed by atoms with Crippen LogP contribution in [0, 0.1) is 0 Å². The average molecular weight is 308 g/mol. The van der Waals surface area contributed by atoms with Gasteiger partial charge in [-0.1, -0.05) is 34.5 Å². The molecule has 0 aliphatic heterocycles. The van der Waals surface area contributed by atoms with E-state index in [2.05, 4.69) is 35.1 Å². The van der Waals surface area contributed by atoms with Crippen LogP contribution in [0.25, 0.3) is 0 Å². The van der Waals surface area contributed by atoms with Gasteiger partial charge in [0.25, 0.3) is 0 Å². The SMILES string of the molecule is CC[C@H](C)[NH2+]CCOc1ccc(Br)cc1Cl. The minimum Gasteiger partial charge on any atom is -0.486 e. The lowest BCUT2D eigenvalue weighted by atomic mass is 10.3. The lowest BCUT2D eigenvalue weighted by molar-refractivity contribution is -0.686. The lowest BCUT2D eigenvalue weighted by Gasteiger charge is -2.10. The van der Waals surface area contributed by atoms with Gasteiger partial charge in [0.05, 0.1) is 11.1 Å². The molecule has 90 valence electrons. The minimum atomic E-state index is 0.651. The molecule has 1 rings (SSSR count). The van der Waals surface area contributed by atoms with Crippen molar-refractivity contribution in [1.82, 2.24) is 0 Å². The van der Waals surface area contributed by atoms with E-state index < -0.39 is 0 Å². The highest BCUT2D eigenvalue weighted by molar-refractivity contribution is 9.10. The van der Waals surface area contributed by atoms with Gasteiger partial charge >= 0.3 is 0 Å². The van der Waals surface area contributed by atoms with Crippen molar-refractivity contribution < 1.29 is 10.1 Å². The summed E-state index contributed by atoms with van der Waals surface area (Å²) in [5.41, 5.74) is 0. The van der Waals surface area contributed by atoms with Gasteiger partial charge in [-0.3, -0.25) is 0 Å². The van der Waals surface area contributed by atoms with Crippen molar-refractivity contribution in [2.45, 2.75) is 26.3 Å². The molecule has 0 aliphatic rings. The first-order valence-corrected chi connectivity index (χ1v) is 6.71. The zero-order valence-corrected chi connectivity index (χ0v) is 12.0. The van der Waals surface area contributed by atoms with Crippen LogP contribution in [0.1, 0.15) is 20.3 Å². The number of rotatable bonds is 6. The third-order valence-electron chi connectivity index (χ3n) is 2.48. The molecular formula is C12H18BrClNO+. The van der Waals surface area contributed by atoms with Crippen molar-refractivity contribution >= 4 is 27.5 Å². The van der Waals surface area contributed by atoms with Crippen LogP contribution in [0.4, 0.5) is 0 Å². The van der Waals surface area contributed by atoms with E-state index in [1.807, 2.05) is 18.2 Å². The van der Waals surface area contributed by atoms with Crippen LogP contribution < -0.4 is 10.1 Å². The normalized spacial score (nSPS) is 12.5. The second-order valence-corrected chi connectivity index (χ2v) is 5.16. The van der Waals surface area contributed by atoms with E-state index in [1.165, 1.54) is 6.42 Å². The summed E-state index contributed by atoms with van der Waals surface area (Å²) >= 11 is 9.39. The van der Waals surface area contributed by atoms with Crippen molar-refractivity contribution in [3.63, 3.8) is 0 Å². The Hall–Kier alpha value is -0.250. The monoisotopic (exact) mass is 306 g/mol. The molecule has 0 unspecified atom stereocenters. The Labute approximate surface area is 110 Å². The molecule has 4 heteroatoms. The Morgan fingerprint density at radius 2 is 2.25 bits per heavy atom. The van der Waals surface area contributed by atoms with E-state index in [0.717, 1.165) is 16.8 Å². The van der Waals surface area contributed by atoms with E-state index in [1.54, 1.807) is 0 Å². The molecule has 1 atom stereocenters. The first-order valence-electron chi connectivity index (χ1n) is 5.54. The summed E-state index contributed by atoms with van der Waals surface area (Å²) in [7, 11) is 0. The zero-order valence-electron chi connectivity index (χ0n) is 9.67. The summed E-state index contributed by atoms with van der Waals surface area (Å²) in [4.78, 5) is 0. The summed E-state index contributed by atoms with van der Waals surface area (Å²) in [5, 5.41) is 2.94. The lowest BCUT2D eigenvalue weighted by Crippen LogP contribution is -2.90. The van der Waals surface area contributed by atoms with Gasteiger partial charge in [0.15, 0.2) is 0 Å². The van der Waals surface area contributed by atoms with Crippen LogP contribution >= 0.6 is 27.5 Å². The van der Waals surface area contributed by atoms with E-state index in [-0.39, 0.29) is 0 Å². The van der Waals surface area contributed by atoms with Gasteiger partial charge in [-0.15, -0.1) is 0 Å². The molecule has 2 nitrogen and oxygen atoms in total. The summed E-state index contributed by atoms with van der Waals surface area (Å²) in [6, 6.07) is 6.31. The standard InChI is InChI=1S/C12H17BrClNO/c1-3-9(2)15-6-7-16-12-5-4-10(13)8-11(12)14/h4-5,8-9,15H,3,6-7H2,1-2H3/p+1/t9-/m0/s1. The van der Waals surface area contributed by atoms with Gasteiger partial charge < -0.3 is 10.1 Å². The maximum atomic E-state index is 6.03. The molecule has 0 aromatic heterocycles. The molecule has 0 amide bonds. The van der Waals surface area contributed by atoms with Crippen LogP contribution in [-0.4, -0.2) is 19.2 Å². The molecule has 0 saturated heterocycles. The molecule has 0 saturated carbocycles. The molecule has 1 aromatic rings. The van der Waals surface area contributed by atoms with Gasteiger partial charge in [-0.2, -0.15) is 0 Å². The Bertz CT molecular complexity index is 333. The van der Waals surface area contributed by atoms with E-state index >= 15 is 0 Å². The molecule has 0 aliphatic carbocycles. The highest BCUT2D eigenvalue weighted by atomic mass is 79.9. The van der Waals surface area contributed by atoms with Crippen molar-refractivity contribution in [3.8, 4) is 5.75 Å². The van der Waals surface area contributed by atoms with Crippen LogP contribution in [-0.2, 0) is 0 Å². The van der Waals surface area contributed by atoms with Gasteiger partial charge in [0.1, 0.15) is 18.9 Å². The molecule has 0 spiro atoms. The van der Waals surface area contributed by atoms with E-state index in [4.69, 9.17) is 16.3 Å². The number of benzene rings is 1. The Kier molecular flexibility index (Phi) is 6.17. The molecule has 0 bridgehead atoms. The number of hydrogen-bond acceptors (Lipinski definition) is 1. The quantitative estimate of drug-likeness (QED) is 0.804. The maximum Gasteiger partial charge on any atom is 0.138 e. The first kappa shape index (κ1) is 13.8. The third-order valence-corrected chi connectivity index (χ3v) is 3.27. The molecule has 2 N–H and O–H groups in total. The highest BCUT2D eigenvalue weighted by Gasteiger charge is 2.04. The van der Waals surface area contributed by atoms with Crippen LogP contribution in [0.5, 0.6) is 5.75 Å². The van der Waals surface area contributed by atoms with Gasteiger partial charge in [0.2, 0.25) is 0 Å².